The molecule has 1 aliphatic heterocycles. The van der Waals surface area contributed by atoms with Gasteiger partial charge in [-0.3, -0.25) is 0 Å². The Labute approximate surface area is 126 Å². The van der Waals surface area contributed by atoms with Gasteiger partial charge in [0.2, 0.25) is 5.88 Å². The number of ether oxygens (including phenoxy) is 2. The first-order valence-electron chi connectivity index (χ1n) is 7.41. The van der Waals surface area contributed by atoms with Crippen molar-refractivity contribution >= 4 is 6.09 Å². The van der Waals surface area contributed by atoms with E-state index in [1.165, 1.54) is 0 Å². The highest BCUT2D eigenvalue weighted by Gasteiger charge is 2.33. The number of likely N-dealkylation sites (tertiary alicyclic amines) is 1. The van der Waals surface area contributed by atoms with Gasteiger partial charge in [0.1, 0.15) is 5.60 Å². The Morgan fingerprint density at radius 3 is 2.81 bits per heavy atom. The van der Waals surface area contributed by atoms with E-state index in [1.807, 2.05) is 32.9 Å². The lowest BCUT2D eigenvalue weighted by molar-refractivity contribution is 0.00923. The van der Waals surface area contributed by atoms with Crippen LogP contribution in [0.4, 0.5) is 4.79 Å². The molecule has 1 amide bonds. The summed E-state index contributed by atoms with van der Waals surface area (Å²) in [5.41, 5.74) is 0.462. The molecule has 1 fully saturated rings. The number of hydrogen-bond donors (Lipinski definition) is 0. The molecule has 2 rings (SSSR count). The molecule has 1 aromatic rings. The zero-order valence-corrected chi connectivity index (χ0v) is 13.3. The number of hydrogen-bond acceptors (Lipinski definition) is 4. The van der Waals surface area contributed by atoms with E-state index in [4.69, 9.17) is 9.47 Å². The van der Waals surface area contributed by atoms with Crippen LogP contribution in [0.3, 0.4) is 0 Å². The summed E-state index contributed by atoms with van der Waals surface area (Å²) < 4.78 is 10.9. The van der Waals surface area contributed by atoms with Crippen molar-refractivity contribution in [2.24, 2.45) is 0 Å². The molecule has 0 aliphatic carbocycles. The standard InChI is InChI=1S/C16H24N2O3/c1-16(2,3)21-15(19)18-11-6-5-9-13(18)12-8-7-10-17-14(12)20-4/h7-8,10,13H,5-6,9,11H2,1-4H3/t13-/m0/s1. The van der Waals surface area contributed by atoms with Crippen LogP contribution in [-0.4, -0.2) is 35.2 Å². The minimum absolute atomic E-state index is 0.0303. The molecule has 0 saturated carbocycles. The molecule has 1 saturated heterocycles. The molecule has 0 spiro atoms. The summed E-state index contributed by atoms with van der Waals surface area (Å²) in [5, 5.41) is 0. The fourth-order valence-corrected chi connectivity index (χ4v) is 2.62. The van der Waals surface area contributed by atoms with Crippen LogP contribution in [0.1, 0.15) is 51.6 Å². The number of amides is 1. The van der Waals surface area contributed by atoms with Crippen LogP contribution in [0.2, 0.25) is 0 Å². The number of nitrogens with zero attached hydrogens (tertiary/aromatic N) is 2. The minimum atomic E-state index is -0.488. The molecule has 21 heavy (non-hydrogen) atoms. The van der Waals surface area contributed by atoms with Crippen molar-refractivity contribution in [1.29, 1.82) is 0 Å². The normalized spacial score (nSPS) is 19.2. The van der Waals surface area contributed by atoms with E-state index in [9.17, 15) is 4.79 Å². The number of carbonyl (C=O) groups is 1. The van der Waals surface area contributed by atoms with Gasteiger partial charge in [0.15, 0.2) is 0 Å². The summed E-state index contributed by atoms with van der Waals surface area (Å²) in [6.45, 7) is 6.36. The summed E-state index contributed by atoms with van der Waals surface area (Å²) in [5.74, 6) is 0.581. The second kappa shape index (κ2) is 6.33. The van der Waals surface area contributed by atoms with Crippen LogP contribution in [0.5, 0.6) is 5.88 Å². The first-order valence-corrected chi connectivity index (χ1v) is 7.41. The molecule has 0 bridgehead atoms. The minimum Gasteiger partial charge on any atom is -0.481 e. The maximum absolute atomic E-state index is 12.4. The highest BCUT2D eigenvalue weighted by Crippen LogP contribution is 2.35. The van der Waals surface area contributed by atoms with Crippen molar-refractivity contribution in [3.63, 3.8) is 0 Å². The zero-order valence-electron chi connectivity index (χ0n) is 13.3. The van der Waals surface area contributed by atoms with E-state index in [1.54, 1.807) is 18.2 Å². The topological polar surface area (TPSA) is 51.7 Å². The van der Waals surface area contributed by atoms with E-state index < -0.39 is 5.60 Å². The summed E-state index contributed by atoms with van der Waals surface area (Å²) in [6, 6.07) is 3.82. The van der Waals surface area contributed by atoms with Gasteiger partial charge in [-0.2, -0.15) is 0 Å². The second-order valence-electron chi connectivity index (χ2n) is 6.29. The highest BCUT2D eigenvalue weighted by atomic mass is 16.6. The molecule has 0 aromatic carbocycles. The molecule has 0 unspecified atom stereocenters. The lowest BCUT2D eigenvalue weighted by Crippen LogP contribution is -2.42. The largest absolute Gasteiger partial charge is 0.481 e. The van der Waals surface area contributed by atoms with Crippen LogP contribution in [-0.2, 0) is 4.74 Å². The van der Waals surface area contributed by atoms with Gasteiger partial charge in [0.05, 0.1) is 13.2 Å². The van der Waals surface area contributed by atoms with Crippen LogP contribution in [0.25, 0.3) is 0 Å². The van der Waals surface area contributed by atoms with Crippen LogP contribution >= 0.6 is 0 Å². The average molecular weight is 292 g/mol. The second-order valence-corrected chi connectivity index (χ2v) is 6.29. The molecule has 5 heteroatoms. The van der Waals surface area contributed by atoms with Gasteiger partial charge in [-0.25, -0.2) is 9.78 Å². The molecule has 5 nitrogen and oxygen atoms in total. The predicted octanol–water partition coefficient (Wildman–Crippen LogP) is 3.55. The Hall–Kier alpha value is -1.78. The van der Waals surface area contributed by atoms with Crippen LogP contribution in [0.15, 0.2) is 18.3 Å². The van der Waals surface area contributed by atoms with E-state index >= 15 is 0 Å². The van der Waals surface area contributed by atoms with Gasteiger partial charge in [-0.1, -0.05) is 6.07 Å². The number of piperidine rings is 1. The molecule has 1 aromatic heterocycles. The lowest BCUT2D eigenvalue weighted by atomic mass is 9.96. The van der Waals surface area contributed by atoms with Gasteiger partial charge < -0.3 is 14.4 Å². The van der Waals surface area contributed by atoms with E-state index in [0.29, 0.717) is 12.4 Å². The number of methoxy groups -OCH3 is 1. The quantitative estimate of drug-likeness (QED) is 0.836. The van der Waals surface area contributed by atoms with Crippen LogP contribution < -0.4 is 4.74 Å². The SMILES string of the molecule is COc1ncccc1[C@@H]1CCCCN1C(=O)OC(C)(C)C. The Kier molecular flexibility index (Phi) is 4.70. The van der Waals surface area contributed by atoms with Gasteiger partial charge in [-0.05, 0) is 46.1 Å². The van der Waals surface area contributed by atoms with Crippen molar-refractivity contribution in [3.8, 4) is 5.88 Å². The van der Waals surface area contributed by atoms with Crippen molar-refractivity contribution in [2.45, 2.75) is 51.7 Å². The third kappa shape index (κ3) is 3.86. The fourth-order valence-electron chi connectivity index (χ4n) is 2.62. The number of pyridine rings is 1. The van der Waals surface area contributed by atoms with Gasteiger partial charge in [0, 0.05) is 18.3 Å². The Bertz CT molecular complexity index is 497. The van der Waals surface area contributed by atoms with Crippen molar-refractivity contribution in [2.75, 3.05) is 13.7 Å². The molecular weight excluding hydrogens is 268 g/mol. The van der Waals surface area contributed by atoms with E-state index in [-0.39, 0.29) is 12.1 Å². The van der Waals surface area contributed by atoms with Crippen molar-refractivity contribution in [1.82, 2.24) is 9.88 Å². The summed E-state index contributed by atoms with van der Waals surface area (Å²) in [4.78, 5) is 18.5. The molecule has 1 aliphatic rings. The van der Waals surface area contributed by atoms with Crippen LogP contribution in [0, 0.1) is 0 Å². The lowest BCUT2D eigenvalue weighted by Gasteiger charge is -2.37. The summed E-state index contributed by atoms with van der Waals surface area (Å²) in [7, 11) is 1.60. The van der Waals surface area contributed by atoms with Gasteiger partial charge >= 0.3 is 6.09 Å². The van der Waals surface area contributed by atoms with E-state index in [2.05, 4.69) is 4.98 Å². The first-order chi connectivity index (χ1) is 9.92. The van der Waals surface area contributed by atoms with Gasteiger partial charge in [-0.15, -0.1) is 0 Å². The van der Waals surface area contributed by atoms with Crippen molar-refractivity contribution in [3.05, 3.63) is 23.9 Å². The summed E-state index contributed by atoms with van der Waals surface area (Å²) >= 11 is 0. The molecule has 2 heterocycles. The molecule has 1 atom stereocenters. The first kappa shape index (κ1) is 15.6. The smallest absolute Gasteiger partial charge is 0.410 e. The molecular formula is C16H24N2O3. The van der Waals surface area contributed by atoms with Gasteiger partial charge in [0.25, 0.3) is 0 Å². The number of rotatable bonds is 2. The Morgan fingerprint density at radius 2 is 2.14 bits per heavy atom. The maximum atomic E-state index is 12.4. The maximum Gasteiger partial charge on any atom is 0.410 e. The Morgan fingerprint density at radius 1 is 1.38 bits per heavy atom. The number of carbonyl (C=O) groups excluding carboxylic acids is 1. The molecule has 116 valence electrons. The Balaban J connectivity index is 2.25. The predicted molar refractivity (Wildman–Crippen MR) is 80.3 cm³/mol. The monoisotopic (exact) mass is 292 g/mol. The molecule has 0 N–H and O–H groups in total. The molecule has 0 radical (unpaired) electrons. The fraction of sp³-hybridized carbons (Fsp3) is 0.625. The third-order valence-electron chi connectivity index (χ3n) is 3.48. The summed E-state index contributed by atoms with van der Waals surface area (Å²) in [6.07, 6.45) is 4.42. The van der Waals surface area contributed by atoms with Crippen molar-refractivity contribution < 1.29 is 14.3 Å². The number of aromatic nitrogens is 1. The third-order valence-corrected chi connectivity index (χ3v) is 3.48. The van der Waals surface area contributed by atoms with E-state index in [0.717, 1.165) is 24.8 Å². The average Bonchev–Trinajstić information content (AvgIpc) is 2.45. The zero-order chi connectivity index (χ0) is 15.5. The highest BCUT2D eigenvalue weighted by molar-refractivity contribution is 5.69.